The number of esters is 1. The van der Waals surface area contributed by atoms with E-state index < -0.39 is 65.7 Å². The highest BCUT2D eigenvalue weighted by molar-refractivity contribution is 5.77. The smallest absolute Gasteiger partial charge is 0.329 e. The number of aliphatic carboxylic acids is 1. The highest BCUT2D eigenvalue weighted by Crippen LogP contribution is 2.29. The molecule has 0 heterocycles. The van der Waals surface area contributed by atoms with Crippen LogP contribution in [0.5, 0.6) is 5.75 Å². The monoisotopic (exact) mass is 635 g/mol. The van der Waals surface area contributed by atoms with E-state index in [0.29, 0.717) is 39.6 Å². The number of carbonyl (C=O) groups is 3. The summed E-state index contributed by atoms with van der Waals surface area (Å²) in [5, 5.41) is 10.9. The van der Waals surface area contributed by atoms with E-state index >= 15 is 0 Å². The molecular weight excluding hydrogens is 601 g/mol. The summed E-state index contributed by atoms with van der Waals surface area (Å²) >= 11 is 0. The summed E-state index contributed by atoms with van der Waals surface area (Å²) in [6.07, 6.45) is -0.501. The number of ether oxygens (including phenoxy) is 8. The van der Waals surface area contributed by atoms with Crippen LogP contribution in [-0.2, 0) is 47.5 Å². The van der Waals surface area contributed by atoms with Gasteiger partial charge in [-0.15, -0.1) is 0 Å². The van der Waals surface area contributed by atoms with Crippen molar-refractivity contribution in [2.75, 3.05) is 99.0 Å². The first kappa shape index (κ1) is 38.0. The van der Waals surface area contributed by atoms with E-state index in [2.05, 4.69) is 14.8 Å². The minimum absolute atomic E-state index is 0.0616. The molecule has 0 aliphatic carbocycles. The molecule has 0 bridgehead atoms. The molecule has 1 amide bonds. The molecule has 13 nitrogen and oxygen atoms in total. The number of amides is 1. The van der Waals surface area contributed by atoms with Gasteiger partial charge in [-0.05, 0) is 0 Å². The van der Waals surface area contributed by atoms with Crippen molar-refractivity contribution in [3.63, 3.8) is 0 Å². The molecule has 1 rings (SSSR count). The second kappa shape index (κ2) is 23.5. The van der Waals surface area contributed by atoms with Gasteiger partial charge in [-0.2, -0.15) is 8.78 Å². The third-order valence-electron chi connectivity index (χ3n) is 4.72. The molecule has 2 N–H and O–H groups in total. The predicted molar refractivity (Wildman–Crippen MR) is 133 cm³/mol. The van der Waals surface area contributed by atoms with Crippen LogP contribution in [0.2, 0.25) is 0 Å². The molecule has 18 heteroatoms. The topological polar surface area (TPSA) is 157 Å². The van der Waals surface area contributed by atoms with Crippen molar-refractivity contribution in [2.45, 2.75) is 6.42 Å². The van der Waals surface area contributed by atoms with E-state index in [9.17, 15) is 36.3 Å². The van der Waals surface area contributed by atoms with Crippen LogP contribution in [0.4, 0.5) is 22.0 Å². The van der Waals surface area contributed by atoms with Gasteiger partial charge in [0.1, 0.15) is 13.2 Å². The Morgan fingerprint density at radius 1 is 0.535 bits per heavy atom. The molecule has 1 aromatic rings. The average Bonchev–Trinajstić information content (AvgIpc) is 2.97. The van der Waals surface area contributed by atoms with Gasteiger partial charge in [-0.25, -0.2) is 18.0 Å². The number of nitrogens with one attached hydrogen (secondary N) is 1. The zero-order valence-electron chi connectivity index (χ0n) is 23.1. The summed E-state index contributed by atoms with van der Waals surface area (Å²) in [5.41, 5.74) is 0. The fourth-order valence-electron chi connectivity index (χ4n) is 2.74. The number of benzene rings is 1. The summed E-state index contributed by atoms with van der Waals surface area (Å²) in [7, 11) is 0. The van der Waals surface area contributed by atoms with Crippen molar-refractivity contribution in [2.24, 2.45) is 0 Å². The van der Waals surface area contributed by atoms with Crippen molar-refractivity contribution in [3.8, 4) is 5.75 Å². The Morgan fingerprint density at radius 3 is 1.37 bits per heavy atom. The van der Waals surface area contributed by atoms with Crippen LogP contribution in [-0.4, -0.2) is 122 Å². The molecule has 1 aromatic carbocycles. The fraction of sp³-hybridized carbons (Fsp3) is 0.640. The van der Waals surface area contributed by atoms with Crippen LogP contribution in [0.1, 0.15) is 6.42 Å². The first-order valence-electron chi connectivity index (χ1n) is 12.9. The molecule has 43 heavy (non-hydrogen) atoms. The Morgan fingerprint density at radius 2 is 0.930 bits per heavy atom. The van der Waals surface area contributed by atoms with E-state index in [-0.39, 0.29) is 52.8 Å². The number of rotatable bonds is 26. The number of carboxylic acid groups (broad SMARTS) is 1. The van der Waals surface area contributed by atoms with E-state index in [1.54, 1.807) is 0 Å². The van der Waals surface area contributed by atoms with Gasteiger partial charge in [0.15, 0.2) is 0 Å². The Balaban J connectivity index is 1.84. The lowest BCUT2D eigenvalue weighted by Gasteiger charge is -2.09. The summed E-state index contributed by atoms with van der Waals surface area (Å²) in [6, 6.07) is 0. The van der Waals surface area contributed by atoms with E-state index in [0.717, 1.165) is 0 Å². The lowest BCUT2D eigenvalue weighted by atomic mass is 10.2. The number of hydrogen-bond donors (Lipinski definition) is 2. The summed E-state index contributed by atoms with van der Waals surface area (Å²) < 4.78 is 107. The Kier molecular flexibility index (Phi) is 20.7. The highest BCUT2D eigenvalue weighted by Gasteiger charge is 2.28. The highest BCUT2D eigenvalue weighted by atomic mass is 19.2. The predicted octanol–water partition coefficient (Wildman–Crippen LogP) is 0.995. The van der Waals surface area contributed by atoms with Crippen molar-refractivity contribution in [1.29, 1.82) is 0 Å². The third kappa shape index (κ3) is 17.6. The number of carboxylic acids is 1. The minimum atomic E-state index is -2.36. The summed E-state index contributed by atoms with van der Waals surface area (Å²) in [5.74, 6) is -15.8. The number of halogens is 5. The molecule has 246 valence electrons. The van der Waals surface area contributed by atoms with Crippen molar-refractivity contribution >= 4 is 17.8 Å². The molecule has 0 saturated carbocycles. The SMILES string of the molecule is O=C(O)COCC(=O)NCCOCCOCCOCCOCCOCCOCCC(=O)Oc1c(F)c(F)c(F)c(F)c1F. The first-order chi connectivity index (χ1) is 20.6. The van der Waals surface area contributed by atoms with Gasteiger partial charge >= 0.3 is 11.9 Å². The summed E-state index contributed by atoms with van der Waals surface area (Å²) in [6.45, 7) is 2.11. The standard InChI is InChI=1S/C25H34F5NO12/c26-20-21(27)23(29)25(24(30)22(20)28)43-19(35)1-3-36-5-7-38-9-11-40-13-14-41-12-10-39-8-6-37-4-2-31-17(32)15-42-16-18(33)34/h1-16H2,(H,31,32)(H,33,34). The molecular formula is C25H34F5NO12. The molecule has 0 aliphatic rings. The zero-order chi connectivity index (χ0) is 31.9. The first-order valence-corrected chi connectivity index (χ1v) is 12.9. The second-order valence-corrected chi connectivity index (χ2v) is 8.03. The molecule has 0 aromatic heterocycles. The number of carbonyl (C=O) groups excluding carboxylic acids is 2. The molecule has 0 unspecified atom stereocenters. The van der Waals surface area contributed by atoms with Gasteiger partial charge in [0.05, 0.1) is 85.7 Å². The molecule has 0 saturated heterocycles. The maximum atomic E-state index is 13.5. The summed E-state index contributed by atoms with van der Waals surface area (Å²) in [4.78, 5) is 33.2. The van der Waals surface area contributed by atoms with Gasteiger partial charge in [-0.3, -0.25) is 9.59 Å². The normalized spacial score (nSPS) is 11.1. The zero-order valence-corrected chi connectivity index (χ0v) is 23.1. The van der Waals surface area contributed by atoms with Crippen LogP contribution in [0.25, 0.3) is 0 Å². The largest absolute Gasteiger partial charge is 0.480 e. The Bertz CT molecular complexity index is 959. The molecule has 0 fully saturated rings. The van der Waals surface area contributed by atoms with E-state index in [1.165, 1.54) is 0 Å². The third-order valence-corrected chi connectivity index (χ3v) is 4.72. The lowest BCUT2D eigenvalue weighted by Crippen LogP contribution is -2.31. The van der Waals surface area contributed by atoms with Crippen LogP contribution < -0.4 is 10.1 Å². The quantitative estimate of drug-likeness (QED) is 0.0372. The van der Waals surface area contributed by atoms with Crippen LogP contribution in [0.3, 0.4) is 0 Å². The van der Waals surface area contributed by atoms with Gasteiger partial charge in [0.25, 0.3) is 0 Å². The van der Waals surface area contributed by atoms with Crippen LogP contribution in [0.15, 0.2) is 0 Å². The molecule has 0 spiro atoms. The van der Waals surface area contributed by atoms with Crippen LogP contribution >= 0.6 is 0 Å². The number of hydrogen-bond acceptors (Lipinski definition) is 11. The van der Waals surface area contributed by atoms with Gasteiger partial charge in [0.2, 0.25) is 40.7 Å². The fourth-order valence-corrected chi connectivity index (χ4v) is 2.74. The van der Waals surface area contributed by atoms with Crippen molar-refractivity contribution in [1.82, 2.24) is 5.32 Å². The second-order valence-electron chi connectivity index (χ2n) is 8.03. The molecule has 0 radical (unpaired) electrons. The van der Waals surface area contributed by atoms with Gasteiger partial charge < -0.3 is 48.3 Å². The van der Waals surface area contributed by atoms with E-state index in [1.807, 2.05) is 0 Å². The lowest BCUT2D eigenvalue weighted by molar-refractivity contribution is -0.143. The van der Waals surface area contributed by atoms with E-state index in [4.69, 9.17) is 33.5 Å². The van der Waals surface area contributed by atoms with Gasteiger partial charge in [-0.1, -0.05) is 0 Å². The average molecular weight is 636 g/mol. The van der Waals surface area contributed by atoms with Gasteiger partial charge in [0, 0.05) is 6.54 Å². The Hall–Kier alpha value is -3.00. The maximum absolute atomic E-state index is 13.5. The Labute approximate surface area is 243 Å². The molecule has 0 atom stereocenters. The van der Waals surface area contributed by atoms with Crippen molar-refractivity contribution < 1.29 is 79.3 Å². The minimum Gasteiger partial charge on any atom is -0.480 e. The van der Waals surface area contributed by atoms with Crippen LogP contribution in [0, 0.1) is 29.1 Å². The van der Waals surface area contributed by atoms with Crippen molar-refractivity contribution in [3.05, 3.63) is 29.1 Å². The molecule has 0 aliphatic heterocycles. The maximum Gasteiger partial charge on any atom is 0.329 e.